The van der Waals surface area contributed by atoms with Crippen molar-refractivity contribution in [1.82, 2.24) is 5.32 Å². The van der Waals surface area contributed by atoms with Crippen LogP contribution < -0.4 is 16.4 Å². The van der Waals surface area contributed by atoms with Crippen LogP contribution in [0.25, 0.3) is 0 Å². The first-order valence-corrected chi connectivity index (χ1v) is 8.03. The molecule has 2 aromatic rings. The van der Waals surface area contributed by atoms with Crippen molar-refractivity contribution in [3.63, 3.8) is 0 Å². The van der Waals surface area contributed by atoms with E-state index in [1.54, 1.807) is 24.3 Å². The minimum absolute atomic E-state index is 0.232. The maximum absolute atomic E-state index is 12.1. The molecule has 0 fully saturated rings. The number of nitrogens with one attached hydrogen (secondary N) is 2. The van der Waals surface area contributed by atoms with Gasteiger partial charge in [-0.3, -0.25) is 19.7 Å². The van der Waals surface area contributed by atoms with Crippen LogP contribution in [-0.2, 0) is 9.59 Å². The molecule has 0 aliphatic carbocycles. The minimum Gasteiger partial charge on any atom is -0.399 e. The number of imide groups is 1. The summed E-state index contributed by atoms with van der Waals surface area (Å²) in [5.41, 5.74) is 7.80. The van der Waals surface area contributed by atoms with Gasteiger partial charge in [0.05, 0.1) is 0 Å². The molecule has 0 aliphatic heterocycles. The van der Waals surface area contributed by atoms with Crippen molar-refractivity contribution in [3.8, 4) is 0 Å². The highest BCUT2D eigenvalue weighted by atomic mass is 16.2. The van der Waals surface area contributed by atoms with Crippen molar-refractivity contribution in [3.05, 3.63) is 59.7 Å². The predicted octanol–water partition coefficient (Wildman–Crippen LogP) is 2.68. The van der Waals surface area contributed by atoms with Gasteiger partial charge in [0.2, 0.25) is 0 Å². The van der Waals surface area contributed by atoms with Gasteiger partial charge in [-0.05, 0) is 48.2 Å². The number of hydrogen-bond donors (Lipinski definition) is 3. The van der Waals surface area contributed by atoms with Crippen LogP contribution in [0, 0.1) is 0 Å². The third-order valence-electron chi connectivity index (χ3n) is 3.96. The van der Waals surface area contributed by atoms with E-state index in [4.69, 9.17) is 5.73 Å². The summed E-state index contributed by atoms with van der Waals surface area (Å²) < 4.78 is 0. The van der Waals surface area contributed by atoms with Crippen molar-refractivity contribution >= 4 is 29.1 Å². The molecule has 130 valence electrons. The molecule has 4 N–H and O–H groups in total. The number of anilines is 2. The van der Waals surface area contributed by atoms with Crippen LogP contribution in [0.15, 0.2) is 48.5 Å². The van der Waals surface area contributed by atoms with Crippen LogP contribution in [0.2, 0.25) is 0 Å². The molecule has 6 nitrogen and oxygen atoms in total. The number of carbonyl (C=O) groups is 3. The monoisotopic (exact) mass is 339 g/mol. The highest BCUT2D eigenvalue weighted by Crippen LogP contribution is 2.26. The first kappa shape index (κ1) is 18.2. The average Bonchev–Trinajstić information content (AvgIpc) is 2.61. The Morgan fingerprint density at radius 2 is 1.64 bits per heavy atom. The zero-order chi connectivity index (χ0) is 18.4. The van der Waals surface area contributed by atoms with Gasteiger partial charge < -0.3 is 11.1 Å². The molecule has 6 heteroatoms. The molecule has 0 spiro atoms. The van der Waals surface area contributed by atoms with Gasteiger partial charge in [-0.1, -0.05) is 32.0 Å². The number of carbonyl (C=O) groups excluding carboxylic acids is 3. The summed E-state index contributed by atoms with van der Waals surface area (Å²) in [6, 6.07) is 13.3. The molecule has 3 amide bonds. The molecular formula is C19H21N3O3. The van der Waals surface area contributed by atoms with Gasteiger partial charge in [-0.15, -0.1) is 0 Å². The van der Waals surface area contributed by atoms with Crippen LogP contribution in [0.3, 0.4) is 0 Å². The second-order valence-corrected chi connectivity index (χ2v) is 5.76. The van der Waals surface area contributed by atoms with Gasteiger partial charge >= 0.3 is 11.8 Å². The zero-order valence-electron chi connectivity index (χ0n) is 14.2. The van der Waals surface area contributed by atoms with Crippen molar-refractivity contribution in [2.24, 2.45) is 0 Å². The van der Waals surface area contributed by atoms with Gasteiger partial charge in [0.15, 0.2) is 0 Å². The van der Waals surface area contributed by atoms with Gasteiger partial charge in [0, 0.05) is 16.9 Å². The third kappa shape index (κ3) is 4.67. The Bertz CT molecular complexity index is 785. The lowest BCUT2D eigenvalue weighted by molar-refractivity contribution is -0.135. The Labute approximate surface area is 146 Å². The zero-order valence-corrected chi connectivity index (χ0v) is 14.2. The molecule has 0 aliphatic rings. The Morgan fingerprint density at radius 1 is 1.00 bits per heavy atom. The Kier molecular flexibility index (Phi) is 5.89. The minimum atomic E-state index is -1.01. The number of nitrogens with two attached hydrogens (primary N) is 1. The first-order valence-electron chi connectivity index (χ1n) is 8.03. The summed E-state index contributed by atoms with van der Waals surface area (Å²) in [5, 5.41) is 4.64. The van der Waals surface area contributed by atoms with E-state index in [0.717, 1.165) is 12.0 Å². The number of hydrogen-bond acceptors (Lipinski definition) is 4. The molecule has 1 atom stereocenters. The molecule has 0 saturated heterocycles. The topological polar surface area (TPSA) is 101 Å². The van der Waals surface area contributed by atoms with Crippen molar-refractivity contribution in [1.29, 1.82) is 0 Å². The van der Waals surface area contributed by atoms with Crippen LogP contribution in [0.4, 0.5) is 11.4 Å². The summed E-state index contributed by atoms with van der Waals surface area (Å²) in [4.78, 5) is 36.1. The summed E-state index contributed by atoms with van der Waals surface area (Å²) in [6.45, 7) is 4.08. The summed E-state index contributed by atoms with van der Waals surface area (Å²) in [5.74, 6) is -2.33. The summed E-state index contributed by atoms with van der Waals surface area (Å²) in [7, 11) is 0. The normalized spacial score (nSPS) is 11.4. The van der Waals surface area contributed by atoms with E-state index in [1.807, 2.05) is 26.0 Å². The van der Waals surface area contributed by atoms with E-state index < -0.39 is 17.7 Å². The maximum Gasteiger partial charge on any atom is 0.316 e. The molecule has 0 heterocycles. The van der Waals surface area contributed by atoms with Gasteiger partial charge in [-0.2, -0.15) is 0 Å². The van der Waals surface area contributed by atoms with Crippen molar-refractivity contribution < 1.29 is 14.4 Å². The highest BCUT2D eigenvalue weighted by molar-refractivity contribution is 6.42. The molecule has 0 bridgehead atoms. The van der Waals surface area contributed by atoms with Gasteiger partial charge in [0.25, 0.3) is 5.91 Å². The largest absolute Gasteiger partial charge is 0.399 e. The van der Waals surface area contributed by atoms with Crippen LogP contribution in [0.5, 0.6) is 0 Å². The SMILES string of the molecule is CCC(C)c1ccccc1NC(=O)C(=O)NC(=O)c1ccc(N)cc1. The Balaban J connectivity index is 2.05. The van der Waals surface area contributed by atoms with Gasteiger partial charge in [-0.25, -0.2) is 0 Å². The highest BCUT2D eigenvalue weighted by Gasteiger charge is 2.19. The maximum atomic E-state index is 12.1. The fourth-order valence-electron chi connectivity index (χ4n) is 2.31. The van der Waals surface area contributed by atoms with Gasteiger partial charge in [0.1, 0.15) is 0 Å². The quantitative estimate of drug-likeness (QED) is 0.589. The summed E-state index contributed by atoms with van der Waals surface area (Å²) >= 11 is 0. The fraction of sp³-hybridized carbons (Fsp3) is 0.211. The summed E-state index contributed by atoms with van der Waals surface area (Å²) in [6.07, 6.45) is 0.898. The lowest BCUT2D eigenvalue weighted by Gasteiger charge is -2.15. The number of para-hydroxylation sites is 1. The number of amides is 3. The smallest absolute Gasteiger partial charge is 0.316 e. The second kappa shape index (κ2) is 8.10. The lowest BCUT2D eigenvalue weighted by atomic mass is 9.97. The molecule has 2 rings (SSSR count). The Morgan fingerprint density at radius 3 is 2.28 bits per heavy atom. The molecular weight excluding hydrogens is 318 g/mol. The van der Waals surface area contributed by atoms with Crippen LogP contribution >= 0.6 is 0 Å². The number of nitrogen functional groups attached to an aromatic ring is 1. The van der Waals surface area contributed by atoms with Crippen LogP contribution in [0.1, 0.15) is 42.1 Å². The third-order valence-corrected chi connectivity index (χ3v) is 3.96. The van der Waals surface area contributed by atoms with Crippen molar-refractivity contribution in [2.45, 2.75) is 26.2 Å². The molecule has 0 saturated carbocycles. The van der Waals surface area contributed by atoms with E-state index >= 15 is 0 Å². The molecule has 1 unspecified atom stereocenters. The average molecular weight is 339 g/mol. The lowest BCUT2D eigenvalue weighted by Crippen LogP contribution is -2.39. The van der Waals surface area contributed by atoms with E-state index in [1.165, 1.54) is 12.1 Å². The molecule has 2 aromatic carbocycles. The van der Waals surface area contributed by atoms with E-state index in [2.05, 4.69) is 10.6 Å². The van der Waals surface area contributed by atoms with E-state index in [-0.39, 0.29) is 11.5 Å². The molecule has 25 heavy (non-hydrogen) atoms. The van der Waals surface area contributed by atoms with E-state index in [9.17, 15) is 14.4 Å². The molecule has 0 aromatic heterocycles. The predicted molar refractivity (Wildman–Crippen MR) is 97.1 cm³/mol. The molecule has 0 radical (unpaired) electrons. The standard InChI is InChI=1S/C19H21N3O3/c1-3-12(2)15-6-4-5-7-16(15)21-18(24)19(25)22-17(23)13-8-10-14(20)11-9-13/h4-12H,3,20H2,1-2H3,(H,21,24)(H,22,23,25). The van der Waals surface area contributed by atoms with E-state index in [0.29, 0.717) is 11.4 Å². The Hall–Kier alpha value is -3.15. The first-order chi connectivity index (χ1) is 11.9. The number of rotatable bonds is 4. The van der Waals surface area contributed by atoms with Crippen molar-refractivity contribution in [2.75, 3.05) is 11.1 Å². The van der Waals surface area contributed by atoms with Crippen LogP contribution in [-0.4, -0.2) is 17.7 Å². The second-order valence-electron chi connectivity index (χ2n) is 5.76. The number of benzene rings is 2. The fourth-order valence-corrected chi connectivity index (χ4v) is 2.31.